The topological polar surface area (TPSA) is 76.5 Å². The van der Waals surface area contributed by atoms with Gasteiger partial charge in [-0.05, 0) is 58.4 Å². The molecular weight excluding hydrogens is 368 g/mol. The first kappa shape index (κ1) is 21.6. The minimum atomic E-state index is -0.431. The second-order valence-corrected chi connectivity index (χ2v) is 8.44. The molecular formula is C22H34N4O3. The Bertz CT molecular complexity index is 760. The average molecular weight is 403 g/mol. The molecule has 1 aliphatic heterocycles. The van der Waals surface area contributed by atoms with Crippen molar-refractivity contribution in [2.24, 2.45) is 11.8 Å². The van der Waals surface area contributed by atoms with Crippen LogP contribution in [0.4, 0.5) is 5.82 Å². The number of nitrogens with one attached hydrogen (secondary N) is 1. The van der Waals surface area contributed by atoms with Crippen molar-refractivity contribution in [3.63, 3.8) is 0 Å². The van der Waals surface area contributed by atoms with Crippen molar-refractivity contribution in [2.75, 3.05) is 24.6 Å². The molecule has 2 heterocycles. The van der Waals surface area contributed by atoms with Crippen LogP contribution in [-0.4, -0.2) is 47.4 Å². The largest absolute Gasteiger partial charge is 0.462 e. The van der Waals surface area contributed by atoms with E-state index in [-0.39, 0.29) is 24.5 Å². The Hall–Kier alpha value is -2.15. The van der Waals surface area contributed by atoms with Crippen LogP contribution < -0.4 is 10.2 Å². The van der Waals surface area contributed by atoms with E-state index < -0.39 is 5.97 Å². The molecule has 1 fully saturated rings. The van der Waals surface area contributed by atoms with Gasteiger partial charge in [0.15, 0.2) is 5.82 Å². The molecule has 0 spiro atoms. The van der Waals surface area contributed by atoms with Gasteiger partial charge in [-0.1, -0.05) is 6.92 Å². The van der Waals surface area contributed by atoms with Crippen LogP contribution in [-0.2, 0) is 9.53 Å². The number of anilines is 1. The minimum absolute atomic E-state index is 0.00751. The molecule has 1 aromatic heterocycles. The summed E-state index contributed by atoms with van der Waals surface area (Å²) in [6, 6.07) is -0.0969. The van der Waals surface area contributed by atoms with Crippen molar-refractivity contribution in [2.45, 2.75) is 65.8 Å². The van der Waals surface area contributed by atoms with Crippen LogP contribution >= 0.6 is 0 Å². The van der Waals surface area contributed by atoms with Gasteiger partial charge in [-0.25, -0.2) is 9.48 Å². The monoisotopic (exact) mass is 402 g/mol. The van der Waals surface area contributed by atoms with Crippen molar-refractivity contribution in [3.05, 3.63) is 17.8 Å². The third kappa shape index (κ3) is 4.89. The smallest absolute Gasteiger partial charge is 0.343 e. The van der Waals surface area contributed by atoms with Crippen molar-refractivity contribution in [1.82, 2.24) is 15.1 Å². The fraction of sp³-hybridized carbons (Fsp3) is 0.682. The molecule has 160 valence electrons. The van der Waals surface area contributed by atoms with Gasteiger partial charge in [-0.3, -0.25) is 9.69 Å². The van der Waals surface area contributed by atoms with Crippen LogP contribution in [0.25, 0.3) is 5.70 Å². The maximum absolute atomic E-state index is 13.5. The predicted octanol–water partition coefficient (Wildman–Crippen LogP) is 3.46. The van der Waals surface area contributed by atoms with E-state index in [4.69, 9.17) is 9.84 Å². The molecule has 1 aromatic rings. The Morgan fingerprint density at radius 1 is 1.31 bits per heavy atom. The zero-order valence-corrected chi connectivity index (χ0v) is 18.1. The number of amides is 1. The maximum Gasteiger partial charge on any atom is 0.343 e. The number of carbonyl (C=O) groups is 2. The Morgan fingerprint density at radius 2 is 2.03 bits per heavy atom. The lowest BCUT2D eigenvalue weighted by Crippen LogP contribution is -2.43. The van der Waals surface area contributed by atoms with E-state index >= 15 is 0 Å². The molecule has 2 aliphatic rings. The molecule has 7 nitrogen and oxygen atoms in total. The highest BCUT2D eigenvalue weighted by Crippen LogP contribution is 2.33. The molecule has 0 unspecified atom stereocenters. The summed E-state index contributed by atoms with van der Waals surface area (Å²) in [5.41, 5.74) is 1.39. The van der Waals surface area contributed by atoms with Crippen LogP contribution in [0.1, 0.15) is 70.2 Å². The number of nitrogens with zero attached hydrogens (tertiary/aromatic N) is 3. The lowest BCUT2D eigenvalue weighted by atomic mass is 9.82. The molecule has 7 heteroatoms. The highest BCUT2D eigenvalue weighted by molar-refractivity contribution is 6.02. The van der Waals surface area contributed by atoms with E-state index in [1.807, 2.05) is 13.8 Å². The number of ether oxygens (including phenoxy) is 1. The van der Waals surface area contributed by atoms with Gasteiger partial charge in [-0.15, -0.1) is 5.10 Å². The second-order valence-electron chi connectivity index (χ2n) is 8.44. The summed E-state index contributed by atoms with van der Waals surface area (Å²) >= 11 is 0. The third-order valence-corrected chi connectivity index (χ3v) is 5.87. The Balaban J connectivity index is 1.97. The Morgan fingerprint density at radius 3 is 2.62 bits per heavy atom. The van der Waals surface area contributed by atoms with Crippen molar-refractivity contribution < 1.29 is 14.3 Å². The Kier molecular flexibility index (Phi) is 7.11. The summed E-state index contributed by atoms with van der Waals surface area (Å²) in [4.78, 5) is 27.9. The van der Waals surface area contributed by atoms with E-state index in [1.165, 1.54) is 0 Å². The number of rotatable bonds is 6. The summed E-state index contributed by atoms with van der Waals surface area (Å²) in [6.07, 6.45) is 8.54. The first-order chi connectivity index (χ1) is 13.9. The molecule has 0 radical (unpaired) electrons. The van der Waals surface area contributed by atoms with E-state index in [2.05, 4.69) is 18.3 Å². The van der Waals surface area contributed by atoms with Gasteiger partial charge in [0, 0.05) is 43.4 Å². The van der Waals surface area contributed by atoms with Crippen molar-refractivity contribution in [3.8, 4) is 0 Å². The lowest BCUT2D eigenvalue weighted by molar-refractivity contribution is -0.123. The number of hydrogen-bond acceptors (Lipinski definition) is 5. The first-order valence-corrected chi connectivity index (χ1v) is 10.9. The summed E-state index contributed by atoms with van der Waals surface area (Å²) in [5, 5.41) is 8.00. The number of aromatic nitrogens is 2. The molecule has 1 aliphatic carbocycles. The molecule has 0 bridgehead atoms. The van der Waals surface area contributed by atoms with E-state index in [0.29, 0.717) is 17.3 Å². The molecule has 0 aromatic carbocycles. The highest BCUT2D eigenvalue weighted by atomic mass is 16.5. The van der Waals surface area contributed by atoms with Crippen molar-refractivity contribution >= 4 is 23.4 Å². The van der Waals surface area contributed by atoms with E-state index in [9.17, 15) is 9.59 Å². The summed E-state index contributed by atoms with van der Waals surface area (Å²) in [7, 11) is 0. The zero-order chi connectivity index (χ0) is 21.0. The highest BCUT2D eigenvalue weighted by Gasteiger charge is 2.34. The van der Waals surface area contributed by atoms with Crippen LogP contribution in [0.15, 0.2) is 12.3 Å². The number of esters is 1. The standard InChI is InChI=1S/C22H34N4O3/c1-5-29-22(28)19-14-25(18-10-12-23-13-11-18)24-20(19)26(15(2)3)21(27)17-8-6-16(4)7-9-17/h10,14-17,23H,5-9,11-13H2,1-4H3. The molecule has 3 rings (SSSR count). The van der Waals surface area contributed by atoms with Gasteiger partial charge >= 0.3 is 5.97 Å². The van der Waals surface area contributed by atoms with Crippen LogP contribution in [0, 0.1) is 11.8 Å². The SMILES string of the molecule is CCOC(=O)c1cn(C2=CCNCC2)nc1N(C(=O)C1CCC(C)CC1)C(C)C. The normalized spacial score (nSPS) is 22.3. The zero-order valence-electron chi connectivity index (χ0n) is 18.1. The molecule has 0 saturated heterocycles. The fourth-order valence-electron chi connectivity index (χ4n) is 4.17. The van der Waals surface area contributed by atoms with Crippen LogP contribution in [0.3, 0.4) is 0 Å². The summed E-state index contributed by atoms with van der Waals surface area (Å²) in [6.45, 7) is 9.89. The van der Waals surface area contributed by atoms with E-state index in [0.717, 1.165) is 50.9 Å². The number of carbonyl (C=O) groups excluding carboxylic acids is 2. The van der Waals surface area contributed by atoms with Gasteiger partial charge in [0.1, 0.15) is 5.56 Å². The van der Waals surface area contributed by atoms with E-state index in [1.54, 1.807) is 22.7 Å². The maximum atomic E-state index is 13.5. The summed E-state index contributed by atoms with van der Waals surface area (Å²) < 4.78 is 7.02. The molecule has 1 N–H and O–H groups in total. The predicted molar refractivity (Wildman–Crippen MR) is 114 cm³/mol. The van der Waals surface area contributed by atoms with Crippen LogP contribution in [0.5, 0.6) is 0 Å². The molecule has 1 amide bonds. The van der Waals surface area contributed by atoms with Gasteiger partial charge < -0.3 is 10.1 Å². The molecule has 29 heavy (non-hydrogen) atoms. The first-order valence-electron chi connectivity index (χ1n) is 10.9. The minimum Gasteiger partial charge on any atom is -0.462 e. The number of hydrogen-bond donors (Lipinski definition) is 1. The summed E-state index contributed by atoms with van der Waals surface area (Å²) in [5.74, 6) is 0.724. The lowest BCUT2D eigenvalue weighted by Gasteiger charge is -2.32. The quantitative estimate of drug-likeness (QED) is 0.738. The van der Waals surface area contributed by atoms with Gasteiger partial charge in [-0.2, -0.15) is 0 Å². The fourth-order valence-corrected chi connectivity index (χ4v) is 4.17. The van der Waals surface area contributed by atoms with Gasteiger partial charge in [0.2, 0.25) is 5.91 Å². The second kappa shape index (κ2) is 9.57. The Labute approximate surface area is 173 Å². The molecule has 0 atom stereocenters. The van der Waals surface area contributed by atoms with Gasteiger partial charge in [0.25, 0.3) is 0 Å². The molecule has 1 saturated carbocycles. The third-order valence-electron chi connectivity index (χ3n) is 5.87. The van der Waals surface area contributed by atoms with Gasteiger partial charge in [0.05, 0.1) is 6.61 Å². The van der Waals surface area contributed by atoms with Crippen LogP contribution in [0.2, 0.25) is 0 Å². The average Bonchev–Trinajstić information content (AvgIpc) is 3.14. The van der Waals surface area contributed by atoms with Crippen molar-refractivity contribution in [1.29, 1.82) is 0 Å².